The number of amides is 1. The highest BCUT2D eigenvalue weighted by Crippen LogP contribution is 2.19. The molecule has 0 aliphatic carbocycles. The summed E-state index contributed by atoms with van der Waals surface area (Å²) in [5, 5.41) is 3.52. The Bertz CT molecular complexity index is 646. The van der Waals surface area contributed by atoms with Crippen LogP contribution in [0.5, 0.6) is 0 Å². The molecule has 0 spiro atoms. The van der Waals surface area contributed by atoms with Gasteiger partial charge in [-0.25, -0.2) is 0 Å². The molecule has 1 atom stereocenters. The Hall–Kier alpha value is -2.20. The lowest BCUT2D eigenvalue weighted by atomic mass is 10.0. The van der Waals surface area contributed by atoms with Crippen molar-refractivity contribution in [3.8, 4) is 11.3 Å². The average molecular weight is 295 g/mol. The van der Waals surface area contributed by atoms with Crippen LogP contribution >= 0.6 is 0 Å². The second-order valence-electron chi connectivity index (χ2n) is 5.83. The fraction of sp³-hybridized carbons (Fsp3) is 0.333. The predicted molar refractivity (Wildman–Crippen MR) is 87.5 cm³/mol. The number of carbonyl (C=O) groups is 1. The first-order valence-corrected chi connectivity index (χ1v) is 7.81. The summed E-state index contributed by atoms with van der Waals surface area (Å²) in [6, 6.07) is 12.1. The van der Waals surface area contributed by atoms with Crippen LogP contribution in [0.15, 0.2) is 42.6 Å². The van der Waals surface area contributed by atoms with Gasteiger partial charge >= 0.3 is 0 Å². The third kappa shape index (κ3) is 3.52. The minimum atomic E-state index is -0.414. The van der Waals surface area contributed by atoms with Gasteiger partial charge in [-0.1, -0.05) is 18.2 Å². The summed E-state index contributed by atoms with van der Waals surface area (Å²) in [6.45, 7) is 1.15. The number of rotatable bonds is 5. The molecule has 1 fully saturated rings. The van der Waals surface area contributed by atoms with Gasteiger partial charge < -0.3 is 11.1 Å². The molecule has 1 amide bonds. The number of pyridine rings is 1. The van der Waals surface area contributed by atoms with E-state index in [2.05, 4.69) is 16.4 Å². The van der Waals surface area contributed by atoms with Crippen LogP contribution in [-0.2, 0) is 6.42 Å². The van der Waals surface area contributed by atoms with E-state index in [1.54, 1.807) is 12.1 Å². The van der Waals surface area contributed by atoms with Crippen molar-refractivity contribution >= 4 is 5.91 Å². The van der Waals surface area contributed by atoms with Crippen LogP contribution < -0.4 is 11.1 Å². The predicted octanol–water partition coefficient (Wildman–Crippen LogP) is 2.53. The summed E-state index contributed by atoms with van der Waals surface area (Å²) in [6.07, 6.45) is 6.72. The Kier molecular flexibility index (Phi) is 4.49. The molecule has 0 bridgehead atoms. The normalized spacial score (nSPS) is 17.5. The molecule has 4 nitrogen and oxygen atoms in total. The van der Waals surface area contributed by atoms with Gasteiger partial charge in [0, 0.05) is 23.4 Å². The summed E-state index contributed by atoms with van der Waals surface area (Å²) in [7, 11) is 0. The third-order valence-electron chi connectivity index (χ3n) is 4.21. The molecule has 1 aliphatic rings. The molecule has 2 heterocycles. The van der Waals surface area contributed by atoms with Gasteiger partial charge in [0.15, 0.2) is 0 Å². The van der Waals surface area contributed by atoms with Crippen molar-refractivity contribution in [1.82, 2.24) is 10.3 Å². The van der Waals surface area contributed by atoms with Gasteiger partial charge in [-0.2, -0.15) is 0 Å². The molecule has 1 aliphatic heterocycles. The molecule has 22 heavy (non-hydrogen) atoms. The maximum atomic E-state index is 11.2. The van der Waals surface area contributed by atoms with Gasteiger partial charge in [-0.05, 0) is 56.0 Å². The Morgan fingerprint density at radius 1 is 1.32 bits per heavy atom. The lowest BCUT2D eigenvalue weighted by molar-refractivity contribution is 0.100. The van der Waals surface area contributed by atoms with Gasteiger partial charge in [-0.3, -0.25) is 9.78 Å². The number of aromatic nitrogens is 1. The molecule has 3 rings (SSSR count). The van der Waals surface area contributed by atoms with Crippen LogP contribution in [-0.4, -0.2) is 23.5 Å². The number of carbonyl (C=O) groups excluding carboxylic acids is 1. The van der Waals surface area contributed by atoms with Crippen LogP contribution in [0.4, 0.5) is 0 Å². The molecule has 1 unspecified atom stereocenters. The number of nitrogens with zero attached hydrogens (tertiary/aromatic N) is 1. The van der Waals surface area contributed by atoms with E-state index in [4.69, 9.17) is 5.73 Å². The zero-order valence-electron chi connectivity index (χ0n) is 12.6. The van der Waals surface area contributed by atoms with Crippen LogP contribution in [0.25, 0.3) is 11.3 Å². The number of primary amides is 1. The first kappa shape index (κ1) is 14.7. The second-order valence-corrected chi connectivity index (χ2v) is 5.83. The average Bonchev–Trinajstić information content (AvgIpc) is 3.07. The van der Waals surface area contributed by atoms with Crippen molar-refractivity contribution in [2.75, 3.05) is 6.54 Å². The lowest BCUT2D eigenvalue weighted by Gasteiger charge is -2.10. The number of benzene rings is 1. The monoisotopic (exact) mass is 295 g/mol. The smallest absolute Gasteiger partial charge is 0.248 e. The minimum Gasteiger partial charge on any atom is -0.366 e. The van der Waals surface area contributed by atoms with Crippen LogP contribution in [0, 0.1) is 0 Å². The van der Waals surface area contributed by atoms with Crippen molar-refractivity contribution in [2.45, 2.75) is 31.7 Å². The van der Waals surface area contributed by atoms with E-state index < -0.39 is 5.91 Å². The van der Waals surface area contributed by atoms with Gasteiger partial charge in [0.2, 0.25) is 5.91 Å². The van der Waals surface area contributed by atoms with E-state index in [1.165, 1.54) is 18.4 Å². The third-order valence-corrected chi connectivity index (χ3v) is 4.21. The van der Waals surface area contributed by atoms with Crippen molar-refractivity contribution in [3.05, 3.63) is 53.7 Å². The number of nitrogens with one attached hydrogen (secondary N) is 1. The molecule has 1 aromatic carbocycles. The highest BCUT2D eigenvalue weighted by molar-refractivity contribution is 5.93. The summed E-state index contributed by atoms with van der Waals surface area (Å²) < 4.78 is 0. The molecule has 114 valence electrons. The molecule has 1 saturated heterocycles. The molecule has 2 aromatic rings. The fourth-order valence-corrected chi connectivity index (χ4v) is 2.92. The van der Waals surface area contributed by atoms with E-state index in [1.807, 2.05) is 24.4 Å². The number of nitrogens with two attached hydrogens (primary N) is 1. The van der Waals surface area contributed by atoms with E-state index in [0.717, 1.165) is 30.6 Å². The molecular weight excluding hydrogens is 274 g/mol. The molecular formula is C18H21N3O. The van der Waals surface area contributed by atoms with Gasteiger partial charge in [0.05, 0.1) is 5.69 Å². The number of aryl methyl sites for hydroxylation is 1. The maximum absolute atomic E-state index is 11.2. The molecule has 1 aromatic heterocycles. The molecule has 0 radical (unpaired) electrons. The Morgan fingerprint density at radius 3 is 2.91 bits per heavy atom. The van der Waals surface area contributed by atoms with E-state index in [0.29, 0.717) is 11.6 Å². The Labute approximate surface area is 130 Å². The standard InChI is InChI=1S/C18H21N3O/c19-18(22)15-4-1-3-14(11-15)17-9-7-13(12-21-17)6-8-16-5-2-10-20-16/h1,3-4,7,9,11-12,16,20H,2,5-6,8,10H2,(H2,19,22). The molecule has 4 heteroatoms. The maximum Gasteiger partial charge on any atom is 0.248 e. The Morgan fingerprint density at radius 2 is 2.23 bits per heavy atom. The summed E-state index contributed by atoms with van der Waals surface area (Å²) in [5.41, 5.74) is 8.87. The van der Waals surface area contributed by atoms with Crippen molar-refractivity contribution in [3.63, 3.8) is 0 Å². The summed E-state index contributed by atoms with van der Waals surface area (Å²) in [5.74, 6) is -0.414. The summed E-state index contributed by atoms with van der Waals surface area (Å²) >= 11 is 0. The lowest BCUT2D eigenvalue weighted by Crippen LogP contribution is -2.21. The van der Waals surface area contributed by atoms with E-state index >= 15 is 0 Å². The largest absolute Gasteiger partial charge is 0.366 e. The van der Waals surface area contributed by atoms with Gasteiger partial charge in [-0.15, -0.1) is 0 Å². The van der Waals surface area contributed by atoms with Crippen molar-refractivity contribution in [1.29, 1.82) is 0 Å². The first-order chi connectivity index (χ1) is 10.7. The second kappa shape index (κ2) is 6.71. The molecule has 3 N–H and O–H groups in total. The quantitative estimate of drug-likeness (QED) is 0.890. The molecule has 0 saturated carbocycles. The van der Waals surface area contributed by atoms with Crippen LogP contribution in [0.3, 0.4) is 0 Å². The minimum absolute atomic E-state index is 0.414. The first-order valence-electron chi connectivity index (χ1n) is 7.81. The zero-order valence-corrected chi connectivity index (χ0v) is 12.6. The highest BCUT2D eigenvalue weighted by Gasteiger charge is 2.13. The Balaban J connectivity index is 1.68. The van der Waals surface area contributed by atoms with Crippen molar-refractivity contribution < 1.29 is 4.79 Å². The van der Waals surface area contributed by atoms with Crippen LogP contribution in [0.1, 0.15) is 35.2 Å². The number of hydrogen-bond donors (Lipinski definition) is 2. The van der Waals surface area contributed by atoms with Gasteiger partial charge in [0.25, 0.3) is 0 Å². The number of hydrogen-bond acceptors (Lipinski definition) is 3. The zero-order chi connectivity index (χ0) is 15.4. The van der Waals surface area contributed by atoms with Gasteiger partial charge in [0.1, 0.15) is 0 Å². The SMILES string of the molecule is NC(=O)c1cccc(-c2ccc(CCC3CCCN3)cn2)c1. The summed E-state index contributed by atoms with van der Waals surface area (Å²) in [4.78, 5) is 15.8. The highest BCUT2D eigenvalue weighted by atomic mass is 16.1. The van der Waals surface area contributed by atoms with Crippen molar-refractivity contribution in [2.24, 2.45) is 5.73 Å². The van der Waals surface area contributed by atoms with E-state index in [9.17, 15) is 4.79 Å². The van der Waals surface area contributed by atoms with Crippen LogP contribution in [0.2, 0.25) is 0 Å². The van der Waals surface area contributed by atoms with E-state index in [-0.39, 0.29) is 0 Å². The fourth-order valence-electron chi connectivity index (χ4n) is 2.92. The topological polar surface area (TPSA) is 68.0 Å².